The molecule has 0 unspecified atom stereocenters. The van der Waals surface area contributed by atoms with Crippen LogP contribution in [0.25, 0.3) is 0 Å². The molecule has 0 heterocycles. The quantitative estimate of drug-likeness (QED) is 0.702. The van der Waals surface area contributed by atoms with Gasteiger partial charge in [0, 0.05) is 13.2 Å². The summed E-state index contributed by atoms with van der Waals surface area (Å²) in [4.78, 5) is 12.0. The van der Waals surface area contributed by atoms with Gasteiger partial charge in [-0.25, -0.2) is 0 Å². The van der Waals surface area contributed by atoms with Crippen molar-refractivity contribution in [2.24, 2.45) is 0 Å². The lowest BCUT2D eigenvalue weighted by Crippen LogP contribution is -2.25. The molecule has 0 radical (unpaired) electrons. The van der Waals surface area contributed by atoms with Gasteiger partial charge in [0.1, 0.15) is 11.5 Å². The fraction of sp³-hybridized carbons (Fsp3) is 0.500. The van der Waals surface area contributed by atoms with E-state index in [9.17, 15) is 4.79 Å². The van der Waals surface area contributed by atoms with Gasteiger partial charge in [-0.15, -0.1) is 0 Å². The van der Waals surface area contributed by atoms with Crippen molar-refractivity contribution in [3.63, 3.8) is 0 Å². The van der Waals surface area contributed by atoms with Gasteiger partial charge < -0.3 is 19.9 Å². The van der Waals surface area contributed by atoms with Crippen LogP contribution in [0.3, 0.4) is 0 Å². The lowest BCUT2D eigenvalue weighted by atomic mass is 10.1. The molecular weight excluding hydrogens is 246 g/mol. The fourth-order valence-corrected chi connectivity index (χ4v) is 1.70. The molecule has 2 N–H and O–H groups in total. The Bertz CT molecular complexity index is 406. The van der Waals surface area contributed by atoms with Gasteiger partial charge >= 0.3 is 0 Å². The third-order valence-electron chi connectivity index (χ3n) is 2.77. The van der Waals surface area contributed by atoms with E-state index in [-0.39, 0.29) is 12.5 Å². The van der Waals surface area contributed by atoms with E-state index in [1.54, 1.807) is 25.3 Å². The van der Waals surface area contributed by atoms with Crippen molar-refractivity contribution in [2.45, 2.75) is 19.3 Å². The molecule has 0 bridgehead atoms. The molecule has 1 aromatic carbocycles. The van der Waals surface area contributed by atoms with Crippen LogP contribution in [0.4, 0.5) is 0 Å². The van der Waals surface area contributed by atoms with E-state index in [2.05, 4.69) is 5.32 Å². The molecular formula is C14H21NO4. The number of carbonyl (C=O) groups excluding carboxylic acids is 1. The Morgan fingerprint density at radius 1 is 1.21 bits per heavy atom. The number of carbonyl (C=O) groups is 1. The number of amides is 1. The molecule has 1 aromatic rings. The minimum atomic E-state index is -0.181. The third kappa shape index (κ3) is 4.79. The Morgan fingerprint density at radius 3 is 2.63 bits per heavy atom. The number of aliphatic hydroxyl groups excluding tert-OH is 1. The van der Waals surface area contributed by atoms with Gasteiger partial charge in [0.25, 0.3) is 5.91 Å². The van der Waals surface area contributed by atoms with Crippen LogP contribution in [0.2, 0.25) is 0 Å². The largest absolute Gasteiger partial charge is 0.497 e. The monoisotopic (exact) mass is 267 g/mol. The molecule has 5 nitrogen and oxygen atoms in total. The summed E-state index contributed by atoms with van der Waals surface area (Å²) in [6, 6.07) is 5.11. The minimum Gasteiger partial charge on any atom is -0.497 e. The third-order valence-corrected chi connectivity index (χ3v) is 2.77. The highest BCUT2D eigenvalue weighted by Gasteiger charge is 2.12. The molecule has 0 saturated carbocycles. The number of hydrogen-bond acceptors (Lipinski definition) is 4. The average molecular weight is 267 g/mol. The van der Waals surface area contributed by atoms with Crippen molar-refractivity contribution in [2.75, 3.05) is 27.4 Å². The van der Waals surface area contributed by atoms with E-state index in [4.69, 9.17) is 14.6 Å². The first kappa shape index (κ1) is 15.3. The van der Waals surface area contributed by atoms with Crippen LogP contribution >= 0.6 is 0 Å². The number of aliphatic hydroxyl groups is 1. The van der Waals surface area contributed by atoms with E-state index in [1.165, 1.54) is 7.11 Å². The zero-order valence-corrected chi connectivity index (χ0v) is 11.4. The van der Waals surface area contributed by atoms with Crippen molar-refractivity contribution < 1.29 is 19.4 Å². The maximum atomic E-state index is 12.0. The van der Waals surface area contributed by atoms with Crippen LogP contribution in [0.1, 0.15) is 29.6 Å². The van der Waals surface area contributed by atoms with Crippen LogP contribution in [0.15, 0.2) is 18.2 Å². The minimum absolute atomic E-state index is 0.181. The molecule has 0 aliphatic heterocycles. The summed E-state index contributed by atoms with van der Waals surface area (Å²) < 4.78 is 10.3. The fourth-order valence-electron chi connectivity index (χ4n) is 1.70. The SMILES string of the molecule is COc1ccc(OC)c(C(=O)NCCCCCO)c1. The van der Waals surface area contributed by atoms with Gasteiger partial charge in [-0.1, -0.05) is 0 Å². The summed E-state index contributed by atoms with van der Waals surface area (Å²) in [6.45, 7) is 0.775. The highest BCUT2D eigenvalue weighted by atomic mass is 16.5. The summed E-state index contributed by atoms with van der Waals surface area (Å²) >= 11 is 0. The molecule has 1 rings (SSSR count). The van der Waals surface area contributed by atoms with Crippen molar-refractivity contribution in [1.82, 2.24) is 5.32 Å². The summed E-state index contributed by atoms with van der Waals surface area (Å²) in [5, 5.41) is 11.5. The standard InChI is InChI=1S/C14H21NO4/c1-18-11-6-7-13(19-2)12(10-11)14(17)15-8-4-3-5-9-16/h6-7,10,16H,3-5,8-9H2,1-2H3,(H,15,17). The van der Waals surface area contributed by atoms with Crippen LogP contribution < -0.4 is 14.8 Å². The molecule has 19 heavy (non-hydrogen) atoms. The molecule has 0 aliphatic rings. The van der Waals surface area contributed by atoms with E-state index in [0.29, 0.717) is 23.6 Å². The highest BCUT2D eigenvalue weighted by molar-refractivity contribution is 5.97. The second-order valence-corrected chi connectivity index (χ2v) is 4.11. The van der Waals surface area contributed by atoms with Crippen LogP contribution in [-0.4, -0.2) is 38.4 Å². The molecule has 0 fully saturated rings. The summed E-state index contributed by atoms with van der Waals surface area (Å²) in [6.07, 6.45) is 2.50. The molecule has 1 amide bonds. The van der Waals surface area contributed by atoms with Gasteiger partial charge in [-0.05, 0) is 37.5 Å². The van der Waals surface area contributed by atoms with Crippen molar-refractivity contribution in [3.8, 4) is 11.5 Å². The molecule has 5 heteroatoms. The lowest BCUT2D eigenvalue weighted by Gasteiger charge is -2.10. The number of benzene rings is 1. The van der Waals surface area contributed by atoms with Gasteiger partial charge in [-0.2, -0.15) is 0 Å². The predicted octanol–water partition coefficient (Wildman–Crippen LogP) is 1.60. The van der Waals surface area contributed by atoms with E-state index < -0.39 is 0 Å². The van der Waals surface area contributed by atoms with Gasteiger partial charge in [-0.3, -0.25) is 4.79 Å². The van der Waals surface area contributed by atoms with Crippen molar-refractivity contribution >= 4 is 5.91 Å². The first-order valence-electron chi connectivity index (χ1n) is 6.34. The smallest absolute Gasteiger partial charge is 0.255 e. The molecule has 0 aromatic heterocycles. The van der Waals surface area contributed by atoms with E-state index in [1.807, 2.05) is 0 Å². The molecule has 106 valence electrons. The summed E-state index contributed by atoms with van der Waals surface area (Å²) in [5.41, 5.74) is 0.462. The molecule has 0 aliphatic carbocycles. The Kier molecular flexibility index (Phi) is 6.74. The van der Waals surface area contributed by atoms with Crippen LogP contribution in [-0.2, 0) is 0 Å². The topological polar surface area (TPSA) is 67.8 Å². The first-order valence-corrected chi connectivity index (χ1v) is 6.34. The Labute approximate surface area is 113 Å². The number of unbranched alkanes of at least 4 members (excludes halogenated alkanes) is 2. The Balaban J connectivity index is 2.59. The predicted molar refractivity (Wildman–Crippen MR) is 72.8 cm³/mol. The van der Waals surface area contributed by atoms with E-state index in [0.717, 1.165) is 19.3 Å². The van der Waals surface area contributed by atoms with Crippen molar-refractivity contribution in [3.05, 3.63) is 23.8 Å². The van der Waals surface area contributed by atoms with E-state index >= 15 is 0 Å². The van der Waals surface area contributed by atoms with Crippen LogP contribution in [0.5, 0.6) is 11.5 Å². The molecule has 0 atom stereocenters. The first-order chi connectivity index (χ1) is 9.22. The zero-order chi connectivity index (χ0) is 14.1. The molecule has 0 spiro atoms. The van der Waals surface area contributed by atoms with Crippen LogP contribution in [0, 0.1) is 0 Å². The Hall–Kier alpha value is -1.75. The normalized spacial score (nSPS) is 10.1. The zero-order valence-electron chi connectivity index (χ0n) is 11.4. The summed E-state index contributed by atoms with van der Waals surface area (Å²) in [5.74, 6) is 0.958. The maximum absolute atomic E-state index is 12.0. The van der Waals surface area contributed by atoms with Crippen molar-refractivity contribution in [1.29, 1.82) is 0 Å². The second kappa shape index (κ2) is 8.37. The van der Waals surface area contributed by atoms with Gasteiger partial charge in [0.05, 0.1) is 19.8 Å². The molecule has 0 saturated heterocycles. The Morgan fingerprint density at radius 2 is 2.00 bits per heavy atom. The number of methoxy groups -OCH3 is 2. The number of nitrogens with one attached hydrogen (secondary N) is 1. The lowest BCUT2D eigenvalue weighted by molar-refractivity contribution is 0.0949. The highest BCUT2D eigenvalue weighted by Crippen LogP contribution is 2.23. The number of hydrogen-bond donors (Lipinski definition) is 2. The second-order valence-electron chi connectivity index (χ2n) is 4.11. The summed E-state index contributed by atoms with van der Waals surface area (Å²) in [7, 11) is 3.08. The van der Waals surface area contributed by atoms with Gasteiger partial charge in [0.2, 0.25) is 0 Å². The average Bonchev–Trinajstić information content (AvgIpc) is 2.46. The number of ether oxygens (including phenoxy) is 2. The number of rotatable bonds is 8. The maximum Gasteiger partial charge on any atom is 0.255 e. The van der Waals surface area contributed by atoms with Gasteiger partial charge in [0.15, 0.2) is 0 Å².